The number of hydrogen-bond donors (Lipinski definition) is 2. The van der Waals surface area contributed by atoms with Crippen LogP contribution in [0.1, 0.15) is 52.9 Å². The molecule has 2 N–H and O–H groups in total. The smallest absolute Gasteiger partial charge is 0.243 e. The van der Waals surface area contributed by atoms with E-state index < -0.39 is 10.0 Å². The molecule has 146 valence electrons. The van der Waals surface area contributed by atoms with Crippen molar-refractivity contribution in [2.45, 2.75) is 57.8 Å². The molecule has 0 saturated carbocycles. The van der Waals surface area contributed by atoms with E-state index >= 15 is 0 Å². The standard InChI is InChI=1S/C18H29N3O3S2/c1-4-7-8-9-10-17(22)20-18(25)19-15-11-13-16(14-12-15)26(23,24)21(5-2)6-3/h11-14H,4-10H2,1-3H3,(H2,19,20,22,25). The molecular weight excluding hydrogens is 370 g/mol. The maximum Gasteiger partial charge on any atom is 0.243 e. The molecule has 1 aromatic rings. The third kappa shape index (κ3) is 7.01. The average molecular weight is 400 g/mol. The van der Waals surface area contributed by atoms with E-state index in [4.69, 9.17) is 12.2 Å². The van der Waals surface area contributed by atoms with E-state index in [1.807, 2.05) is 0 Å². The quantitative estimate of drug-likeness (QED) is 0.465. The SMILES string of the molecule is CCCCCCC(=O)NC(=S)Nc1ccc(S(=O)(=O)N(CC)CC)cc1. The van der Waals surface area contributed by atoms with Crippen molar-refractivity contribution in [2.75, 3.05) is 18.4 Å². The van der Waals surface area contributed by atoms with Crippen LogP contribution < -0.4 is 10.6 Å². The molecule has 0 aliphatic rings. The molecule has 1 rings (SSSR count). The van der Waals surface area contributed by atoms with Crippen LogP contribution in [-0.4, -0.2) is 36.8 Å². The number of carbonyl (C=O) groups is 1. The number of nitrogens with zero attached hydrogens (tertiary/aromatic N) is 1. The number of amides is 1. The van der Waals surface area contributed by atoms with Crippen molar-refractivity contribution in [3.8, 4) is 0 Å². The van der Waals surface area contributed by atoms with Gasteiger partial charge in [0.1, 0.15) is 0 Å². The minimum atomic E-state index is -3.48. The van der Waals surface area contributed by atoms with Crippen LogP contribution in [0.25, 0.3) is 0 Å². The maximum absolute atomic E-state index is 12.4. The Hall–Kier alpha value is -1.51. The summed E-state index contributed by atoms with van der Waals surface area (Å²) in [6, 6.07) is 6.34. The second-order valence-corrected chi connectivity index (χ2v) is 8.27. The van der Waals surface area contributed by atoms with Crippen molar-refractivity contribution >= 4 is 38.9 Å². The molecule has 0 unspecified atom stereocenters. The first-order valence-corrected chi connectivity index (χ1v) is 10.9. The van der Waals surface area contributed by atoms with Gasteiger partial charge in [-0.2, -0.15) is 4.31 Å². The van der Waals surface area contributed by atoms with Crippen molar-refractivity contribution in [3.63, 3.8) is 0 Å². The lowest BCUT2D eigenvalue weighted by atomic mass is 10.1. The van der Waals surface area contributed by atoms with Gasteiger partial charge in [-0.05, 0) is 42.9 Å². The van der Waals surface area contributed by atoms with Crippen LogP contribution in [0, 0.1) is 0 Å². The fraction of sp³-hybridized carbons (Fsp3) is 0.556. The molecule has 0 bridgehead atoms. The monoisotopic (exact) mass is 399 g/mol. The normalized spacial score (nSPS) is 11.4. The van der Waals surface area contributed by atoms with E-state index in [1.165, 1.54) is 16.4 Å². The molecule has 8 heteroatoms. The van der Waals surface area contributed by atoms with Gasteiger partial charge in [0.25, 0.3) is 0 Å². The number of unbranched alkanes of at least 4 members (excludes halogenated alkanes) is 3. The Morgan fingerprint density at radius 3 is 2.19 bits per heavy atom. The lowest BCUT2D eigenvalue weighted by molar-refractivity contribution is -0.119. The van der Waals surface area contributed by atoms with Gasteiger partial charge in [-0.1, -0.05) is 40.0 Å². The Morgan fingerprint density at radius 2 is 1.65 bits per heavy atom. The highest BCUT2D eigenvalue weighted by molar-refractivity contribution is 7.89. The Balaban J connectivity index is 2.59. The van der Waals surface area contributed by atoms with Gasteiger partial charge in [0.15, 0.2) is 5.11 Å². The molecule has 0 spiro atoms. The number of nitrogens with one attached hydrogen (secondary N) is 2. The minimum absolute atomic E-state index is 0.112. The van der Waals surface area contributed by atoms with Gasteiger partial charge in [-0.15, -0.1) is 0 Å². The second kappa shape index (κ2) is 11.3. The predicted octanol–water partition coefficient (Wildman–Crippen LogP) is 3.50. The number of sulfonamides is 1. The van der Waals surface area contributed by atoms with Crippen LogP contribution >= 0.6 is 12.2 Å². The lowest BCUT2D eigenvalue weighted by Gasteiger charge is -2.18. The van der Waals surface area contributed by atoms with Gasteiger partial charge >= 0.3 is 0 Å². The van der Waals surface area contributed by atoms with Gasteiger partial charge in [-0.3, -0.25) is 4.79 Å². The molecule has 0 aliphatic heterocycles. The van der Waals surface area contributed by atoms with Gasteiger partial charge in [0.2, 0.25) is 15.9 Å². The van der Waals surface area contributed by atoms with Gasteiger partial charge in [0.05, 0.1) is 4.90 Å². The summed E-state index contributed by atoms with van der Waals surface area (Å²) in [5.74, 6) is -0.112. The van der Waals surface area contributed by atoms with Crippen LogP contribution in [0.2, 0.25) is 0 Å². The molecule has 1 aromatic carbocycles. The van der Waals surface area contributed by atoms with E-state index in [0.29, 0.717) is 25.2 Å². The first kappa shape index (κ1) is 22.5. The van der Waals surface area contributed by atoms with Crippen molar-refractivity contribution in [1.82, 2.24) is 9.62 Å². The molecule has 26 heavy (non-hydrogen) atoms. The van der Waals surface area contributed by atoms with Crippen molar-refractivity contribution in [1.29, 1.82) is 0 Å². The molecular formula is C18H29N3O3S2. The molecule has 0 aliphatic carbocycles. The highest BCUT2D eigenvalue weighted by Crippen LogP contribution is 2.18. The largest absolute Gasteiger partial charge is 0.332 e. The van der Waals surface area contributed by atoms with Crippen molar-refractivity contribution < 1.29 is 13.2 Å². The summed E-state index contributed by atoms with van der Waals surface area (Å²) in [5.41, 5.74) is 0.625. The number of hydrogen-bond acceptors (Lipinski definition) is 4. The fourth-order valence-corrected chi connectivity index (χ4v) is 4.18. The minimum Gasteiger partial charge on any atom is -0.332 e. The average Bonchev–Trinajstić information content (AvgIpc) is 2.60. The molecule has 1 amide bonds. The molecule has 6 nitrogen and oxygen atoms in total. The predicted molar refractivity (Wildman–Crippen MR) is 110 cm³/mol. The van der Waals surface area contributed by atoms with Gasteiger partial charge in [-0.25, -0.2) is 8.42 Å². The molecule has 0 atom stereocenters. The summed E-state index contributed by atoms with van der Waals surface area (Å²) < 4.78 is 26.3. The Bertz CT molecular complexity index is 684. The highest BCUT2D eigenvalue weighted by Gasteiger charge is 2.21. The summed E-state index contributed by atoms with van der Waals surface area (Å²) in [6.07, 6.45) is 4.58. The Labute approximate surface area is 162 Å². The zero-order valence-electron chi connectivity index (χ0n) is 15.7. The van der Waals surface area contributed by atoms with E-state index in [2.05, 4.69) is 17.6 Å². The summed E-state index contributed by atoms with van der Waals surface area (Å²) in [6.45, 7) is 6.58. The summed E-state index contributed by atoms with van der Waals surface area (Å²) >= 11 is 5.13. The summed E-state index contributed by atoms with van der Waals surface area (Å²) in [4.78, 5) is 12.0. The van der Waals surface area contributed by atoms with Gasteiger partial charge < -0.3 is 10.6 Å². The fourth-order valence-electron chi connectivity index (χ4n) is 2.49. The topological polar surface area (TPSA) is 78.5 Å². The zero-order chi connectivity index (χ0) is 19.6. The first-order chi connectivity index (χ1) is 12.3. The second-order valence-electron chi connectivity index (χ2n) is 5.93. The number of anilines is 1. The van der Waals surface area contributed by atoms with E-state index in [0.717, 1.165) is 25.7 Å². The molecule has 0 radical (unpaired) electrons. The van der Waals surface area contributed by atoms with Crippen molar-refractivity contribution in [3.05, 3.63) is 24.3 Å². The van der Waals surface area contributed by atoms with Crippen molar-refractivity contribution in [2.24, 2.45) is 0 Å². The number of thiocarbonyl (C=S) groups is 1. The maximum atomic E-state index is 12.4. The van der Waals surface area contributed by atoms with E-state index in [9.17, 15) is 13.2 Å². The highest BCUT2D eigenvalue weighted by atomic mass is 32.2. The zero-order valence-corrected chi connectivity index (χ0v) is 17.4. The van der Waals surface area contributed by atoms with Gasteiger partial charge in [0, 0.05) is 25.2 Å². The van der Waals surface area contributed by atoms with E-state index in [-0.39, 0.29) is 15.9 Å². The summed E-state index contributed by atoms with van der Waals surface area (Å²) in [5, 5.41) is 5.76. The molecule has 0 fully saturated rings. The van der Waals surface area contributed by atoms with E-state index in [1.54, 1.807) is 26.0 Å². The first-order valence-electron chi connectivity index (χ1n) is 9.06. The molecule has 0 saturated heterocycles. The molecule has 0 heterocycles. The van der Waals surface area contributed by atoms with Crippen LogP contribution in [0.4, 0.5) is 5.69 Å². The Kier molecular flexibility index (Phi) is 9.75. The van der Waals surface area contributed by atoms with Crippen LogP contribution in [-0.2, 0) is 14.8 Å². The summed E-state index contributed by atoms with van der Waals surface area (Å²) in [7, 11) is -3.48. The van der Waals surface area contributed by atoms with Crippen LogP contribution in [0.3, 0.4) is 0 Å². The lowest BCUT2D eigenvalue weighted by Crippen LogP contribution is -2.34. The number of rotatable bonds is 10. The Morgan fingerprint density at radius 1 is 1.04 bits per heavy atom. The number of carbonyl (C=O) groups excluding carboxylic acids is 1. The number of benzene rings is 1. The van der Waals surface area contributed by atoms with Crippen LogP contribution in [0.15, 0.2) is 29.2 Å². The molecule has 0 aromatic heterocycles. The van der Waals surface area contributed by atoms with Crippen LogP contribution in [0.5, 0.6) is 0 Å². The third-order valence-electron chi connectivity index (χ3n) is 3.97. The third-order valence-corrected chi connectivity index (χ3v) is 6.23.